The van der Waals surface area contributed by atoms with E-state index in [-0.39, 0.29) is 42.7 Å². The topological polar surface area (TPSA) is 235 Å². The molecule has 3 saturated heterocycles. The Morgan fingerprint density at radius 3 is 2.18 bits per heavy atom. The number of hydrogen-bond acceptors (Lipinski definition) is 17. The highest BCUT2D eigenvalue weighted by Gasteiger charge is 2.40. The number of anilines is 1. The van der Waals surface area contributed by atoms with Gasteiger partial charge in [0.1, 0.15) is 42.0 Å². The molecule has 9 rings (SSSR count). The van der Waals surface area contributed by atoms with Gasteiger partial charge in [0.2, 0.25) is 23.6 Å². The first-order valence-corrected chi connectivity index (χ1v) is 27.2. The Morgan fingerprint density at radius 1 is 0.753 bits per heavy atom. The summed E-state index contributed by atoms with van der Waals surface area (Å²) >= 11 is 1.60. The van der Waals surface area contributed by atoms with Gasteiger partial charge in [-0.25, -0.2) is 14.6 Å². The molecule has 408 valence electrons. The largest absolute Gasteiger partial charge is 0.457 e. The van der Waals surface area contributed by atoms with E-state index < -0.39 is 11.9 Å². The number of fused-ring (bicyclic) bond motifs is 2. The van der Waals surface area contributed by atoms with Crippen molar-refractivity contribution < 1.29 is 52.4 Å². The van der Waals surface area contributed by atoms with Crippen molar-refractivity contribution in [2.45, 2.75) is 49.2 Å². The van der Waals surface area contributed by atoms with Crippen molar-refractivity contribution in [3.05, 3.63) is 102 Å². The summed E-state index contributed by atoms with van der Waals surface area (Å²) < 4.78 is 36.0. The number of benzene rings is 3. The molecule has 2 aromatic heterocycles. The highest BCUT2D eigenvalue weighted by molar-refractivity contribution is 7.99. The van der Waals surface area contributed by atoms with Gasteiger partial charge in [0.15, 0.2) is 5.65 Å². The van der Waals surface area contributed by atoms with E-state index in [0.717, 1.165) is 34.6 Å². The van der Waals surface area contributed by atoms with Crippen LogP contribution in [0.3, 0.4) is 0 Å². The van der Waals surface area contributed by atoms with E-state index in [1.807, 2.05) is 87.3 Å². The number of likely N-dealkylation sites (tertiary alicyclic amines) is 1. The number of thioether (sulfide) groups is 1. The minimum atomic E-state index is -0.637. The average Bonchev–Trinajstić information content (AvgIpc) is 4.17. The number of aromatic nitrogens is 4. The van der Waals surface area contributed by atoms with Gasteiger partial charge in [0.25, 0.3) is 5.91 Å². The Hall–Kier alpha value is -6.79. The van der Waals surface area contributed by atoms with Crippen LogP contribution >= 0.6 is 11.8 Å². The summed E-state index contributed by atoms with van der Waals surface area (Å²) in [5.74, 6) is 1.46. The van der Waals surface area contributed by atoms with Crippen molar-refractivity contribution in [2.24, 2.45) is 0 Å². The normalized spacial score (nSPS) is 18.1. The van der Waals surface area contributed by atoms with Gasteiger partial charge in [-0.1, -0.05) is 30.3 Å². The molecule has 77 heavy (non-hydrogen) atoms. The highest BCUT2D eigenvalue weighted by Crippen LogP contribution is 2.36. The second-order valence-corrected chi connectivity index (χ2v) is 20.0. The molecule has 5 aromatic rings. The standard InChI is InChI=1S/C55H66N10O11S/c56-52-50-51(39-13-15-42(16-14-39)76-41-8-2-1-3-9-41)60-65(53(50)58-38-57-52)40-7-5-20-63(35-40)48(67)12-6-19-61-21-23-62(24-22-61)49(68)37-75-32-31-73-28-27-71-25-26-72-29-30-74-33-34-77-46-11-4-10-43-44(46)36-64(55(43)70)45-17-18-47(66)59-54(45)69/h1-4,6,8-16,38,40,45H,5,7,17-37H2,(H2,56,57,58)(H,59,66,69)/b12-6+/t40-,45?/m1/s1. The number of carbonyl (C=O) groups excluding carboxylic acids is 5. The smallest absolute Gasteiger partial charge is 0.255 e. The number of nitrogens with zero attached hydrogens (tertiary/aromatic N) is 8. The van der Waals surface area contributed by atoms with Gasteiger partial charge in [0, 0.05) is 86.6 Å². The van der Waals surface area contributed by atoms with E-state index in [1.165, 1.54) is 6.33 Å². The molecule has 3 aromatic carbocycles. The van der Waals surface area contributed by atoms with Crippen molar-refractivity contribution >= 4 is 58.1 Å². The Labute approximate surface area is 451 Å². The van der Waals surface area contributed by atoms with Crippen molar-refractivity contribution in [2.75, 3.05) is 123 Å². The van der Waals surface area contributed by atoms with E-state index in [1.54, 1.807) is 28.8 Å². The Bertz CT molecular complexity index is 2850. The number of para-hydroxylation sites is 1. The molecule has 0 radical (unpaired) electrons. The first kappa shape index (κ1) is 55.0. The predicted octanol–water partition coefficient (Wildman–Crippen LogP) is 4.37. The molecule has 3 fully saturated rings. The lowest BCUT2D eigenvalue weighted by Gasteiger charge is -2.34. The fraction of sp³-hybridized carbons (Fsp3) is 0.455. The van der Waals surface area contributed by atoms with Crippen LogP contribution in [0, 0.1) is 0 Å². The van der Waals surface area contributed by atoms with Crippen LogP contribution < -0.4 is 15.8 Å². The predicted molar refractivity (Wildman–Crippen MR) is 286 cm³/mol. The highest BCUT2D eigenvalue weighted by atomic mass is 32.2. The van der Waals surface area contributed by atoms with Crippen LogP contribution in [-0.2, 0) is 49.4 Å². The fourth-order valence-corrected chi connectivity index (χ4v) is 10.7. The second kappa shape index (κ2) is 27.5. The van der Waals surface area contributed by atoms with E-state index in [4.69, 9.17) is 39.3 Å². The molecule has 0 spiro atoms. The van der Waals surface area contributed by atoms with E-state index >= 15 is 0 Å². The molecule has 2 atom stereocenters. The summed E-state index contributed by atoms with van der Waals surface area (Å²) in [5.41, 5.74) is 10.1. The van der Waals surface area contributed by atoms with Gasteiger partial charge in [-0.15, -0.1) is 11.8 Å². The molecule has 5 amide bonds. The van der Waals surface area contributed by atoms with Crippen molar-refractivity contribution in [1.29, 1.82) is 0 Å². The maximum Gasteiger partial charge on any atom is 0.255 e. The lowest BCUT2D eigenvalue weighted by Crippen LogP contribution is -2.52. The Balaban J connectivity index is 0.579. The zero-order valence-corrected chi connectivity index (χ0v) is 43.9. The van der Waals surface area contributed by atoms with Crippen LogP contribution in [0.4, 0.5) is 5.82 Å². The number of rotatable bonds is 26. The van der Waals surface area contributed by atoms with Crippen LogP contribution in [0.1, 0.15) is 47.6 Å². The molecular formula is C55H66N10O11S. The minimum Gasteiger partial charge on any atom is -0.457 e. The molecule has 4 aliphatic heterocycles. The number of nitrogen functional groups attached to an aromatic ring is 1. The van der Waals surface area contributed by atoms with Gasteiger partial charge < -0.3 is 48.9 Å². The minimum absolute atomic E-state index is 0.0112. The van der Waals surface area contributed by atoms with Gasteiger partial charge in [0.05, 0.1) is 70.9 Å². The summed E-state index contributed by atoms with van der Waals surface area (Å²) in [6, 6.07) is 22.2. The van der Waals surface area contributed by atoms with Gasteiger partial charge in [-0.3, -0.25) is 34.2 Å². The molecule has 4 aliphatic rings. The molecule has 6 heterocycles. The number of nitrogens with one attached hydrogen (secondary N) is 1. The third-order valence-corrected chi connectivity index (χ3v) is 14.8. The lowest BCUT2D eigenvalue weighted by atomic mass is 10.0. The summed E-state index contributed by atoms with van der Waals surface area (Å²) in [5, 5.41) is 8.05. The van der Waals surface area contributed by atoms with E-state index in [9.17, 15) is 24.0 Å². The summed E-state index contributed by atoms with van der Waals surface area (Å²) in [6.45, 7) is 8.29. The van der Waals surface area contributed by atoms with Crippen LogP contribution in [0.2, 0.25) is 0 Å². The number of carbonyl (C=O) groups is 5. The fourth-order valence-electron chi connectivity index (χ4n) is 9.73. The van der Waals surface area contributed by atoms with E-state index in [2.05, 4.69) is 20.2 Å². The maximum absolute atomic E-state index is 13.5. The van der Waals surface area contributed by atoms with Gasteiger partial charge >= 0.3 is 0 Å². The monoisotopic (exact) mass is 1070 g/mol. The third kappa shape index (κ3) is 14.6. The number of hydrogen-bond donors (Lipinski definition) is 2. The van der Waals surface area contributed by atoms with Crippen molar-refractivity contribution in [3.8, 4) is 22.8 Å². The van der Waals surface area contributed by atoms with Crippen molar-refractivity contribution in [1.82, 2.24) is 44.7 Å². The maximum atomic E-state index is 13.5. The third-order valence-electron chi connectivity index (χ3n) is 13.8. The van der Waals surface area contributed by atoms with Crippen LogP contribution in [-0.4, -0.2) is 193 Å². The summed E-state index contributed by atoms with van der Waals surface area (Å²) in [6.07, 6.45) is 7.21. The lowest BCUT2D eigenvalue weighted by molar-refractivity contribution is -0.138. The van der Waals surface area contributed by atoms with Gasteiger partial charge in [-0.05, 0) is 73.4 Å². The van der Waals surface area contributed by atoms with Crippen LogP contribution in [0.5, 0.6) is 11.5 Å². The number of ether oxygens (including phenoxy) is 6. The number of nitrogens with two attached hydrogens (primary N) is 1. The summed E-state index contributed by atoms with van der Waals surface area (Å²) in [7, 11) is 0. The molecule has 1 unspecified atom stereocenters. The molecule has 0 aliphatic carbocycles. The zero-order chi connectivity index (χ0) is 53.3. The number of piperazine rings is 1. The van der Waals surface area contributed by atoms with E-state index in [0.29, 0.717) is 158 Å². The molecule has 21 nitrogen and oxygen atoms in total. The molecule has 22 heteroatoms. The van der Waals surface area contributed by atoms with Crippen LogP contribution in [0.15, 0.2) is 96.2 Å². The first-order chi connectivity index (χ1) is 37.7. The summed E-state index contributed by atoms with van der Waals surface area (Å²) in [4.78, 5) is 80.7. The first-order valence-electron chi connectivity index (χ1n) is 26.3. The number of amides is 5. The number of piperidine rings is 2. The molecular weight excluding hydrogens is 1010 g/mol. The molecule has 0 saturated carbocycles. The van der Waals surface area contributed by atoms with Crippen LogP contribution in [0.25, 0.3) is 22.3 Å². The number of imide groups is 1. The van der Waals surface area contributed by atoms with Crippen molar-refractivity contribution in [3.63, 3.8) is 0 Å². The Kier molecular flexibility index (Phi) is 19.6. The molecule has 3 N–H and O–H groups in total. The quantitative estimate of drug-likeness (QED) is 0.0339. The SMILES string of the molecule is Nc1ncnc2c1c(-c1ccc(Oc3ccccc3)cc1)nn2[C@@H]1CCCN(C(=O)/C=C/CN2CCN(C(=O)COCCOCCOCCOCCOCCSc3cccc4c3CN(C3CCC(=O)NC3=O)C4=O)CC2)C1. The zero-order valence-electron chi connectivity index (χ0n) is 43.1. The second-order valence-electron chi connectivity index (χ2n) is 18.9. The molecule has 0 bridgehead atoms. The average molecular weight is 1080 g/mol. The Morgan fingerprint density at radius 2 is 1.45 bits per heavy atom. The van der Waals surface area contributed by atoms with Gasteiger partial charge in [-0.2, -0.15) is 5.10 Å².